The van der Waals surface area contributed by atoms with E-state index in [1.165, 1.54) is 0 Å². The van der Waals surface area contributed by atoms with Crippen LogP contribution < -0.4 is 16.0 Å². The summed E-state index contributed by atoms with van der Waals surface area (Å²) in [4.78, 5) is 37.1. The number of para-hydroxylation sites is 1. The molecule has 3 rings (SSSR count). The Balaban J connectivity index is 1.43. The van der Waals surface area contributed by atoms with Gasteiger partial charge in [-0.2, -0.15) is 0 Å². The largest absolute Gasteiger partial charge is 0.445 e. The number of nitrogens with one attached hydrogen (secondary N) is 3. The number of amides is 3. The number of rotatable bonds is 12. The molecule has 3 aromatic rings. The van der Waals surface area contributed by atoms with E-state index in [1.807, 2.05) is 78.9 Å². The molecular formula is C28H31N3O5. The second-order valence-electron chi connectivity index (χ2n) is 8.10. The van der Waals surface area contributed by atoms with Gasteiger partial charge in [-0.1, -0.05) is 78.9 Å². The number of carbonyl (C=O) groups excluding carboxylic acids is 3. The van der Waals surface area contributed by atoms with Crippen molar-refractivity contribution in [3.63, 3.8) is 0 Å². The molecule has 3 aromatic carbocycles. The maximum Gasteiger partial charge on any atom is 0.408 e. The maximum atomic E-state index is 12.8. The lowest BCUT2D eigenvalue weighted by molar-refractivity contribution is -0.118. The van der Waals surface area contributed by atoms with Gasteiger partial charge in [0.1, 0.15) is 19.3 Å². The van der Waals surface area contributed by atoms with E-state index < -0.39 is 18.2 Å². The van der Waals surface area contributed by atoms with E-state index in [0.717, 1.165) is 11.1 Å². The number of carbonyl (C=O) groups is 3. The molecule has 3 amide bonds. The second-order valence-corrected chi connectivity index (χ2v) is 8.10. The minimum atomic E-state index is -0.793. The highest BCUT2D eigenvalue weighted by atomic mass is 16.6. The molecule has 36 heavy (non-hydrogen) atoms. The van der Waals surface area contributed by atoms with Crippen molar-refractivity contribution in [2.75, 3.05) is 11.9 Å². The molecule has 0 aliphatic heterocycles. The Labute approximate surface area is 211 Å². The van der Waals surface area contributed by atoms with Crippen molar-refractivity contribution in [3.05, 3.63) is 102 Å². The Morgan fingerprint density at radius 3 is 1.78 bits per heavy atom. The highest BCUT2D eigenvalue weighted by Gasteiger charge is 2.21. The lowest BCUT2D eigenvalue weighted by atomic mass is 10.1. The molecule has 0 aliphatic carbocycles. The molecule has 1 atom stereocenters. The van der Waals surface area contributed by atoms with Gasteiger partial charge in [-0.3, -0.25) is 4.79 Å². The Hall–Kier alpha value is -4.33. The number of alkyl carbamates (subject to hydrolysis) is 2. The Morgan fingerprint density at radius 1 is 0.667 bits per heavy atom. The van der Waals surface area contributed by atoms with E-state index >= 15 is 0 Å². The van der Waals surface area contributed by atoms with Gasteiger partial charge in [0.15, 0.2) is 0 Å². The van der Waals surface area contributed by atoms with Crippen LogP contribution in [0.15, 0.2) is 91.0 Å². The molecule has 0 heterocycles. The predicted octanol–water partition coefficient (Wildman–Crippen LogP) is 5.02. The number of anilines is 1. The summed E-state index contributed by atoms with van der Waals surface area (Å²) in [5.41, 5.74) is 2.39. The number of benzene rings is 3. The maximum absolute atomic E-state index is 12.8. The minimum Gasteiger partial charge on any atom is -0.445 e. The Kier molecular flexibility index (Phi) is 10.8. The molecule has 8 heteroatoms. The number of hydrogen-bond acceptors (Lipinski definition) is 5. The zero-order chi connectivity index (χ0) is 25.4. The number of ether oxygens (including phenoxy) is 2. The number of unbranched alkanes of at least 4 members (excludes halogenated alkanes) is 1. The summed E-state index contributed by atoms with van der Waals surface area (Å²) in [6.45, 7) is 0.692. The van der Waals surface area contributed by atoms with Crippen LogP contribution in [0.5, 0.6) is 0 Å². The number of hydrogen-bond donors (Lipinski definition) is 3. The lowest BCUT2D eigenvalue weighted by Gasteiger charge is -2.18. The Morgan fingerprint density at radius 2 is 1.19 bits per heavy atom. The summed E-state index contributed by atoms with van der Waals surface area (Å²) >= 11 is 0. The van der Waals surface area contributed by atoms with E-state index in [4.69, 9.17) is 9.47 Å². The van der Waals surface area contributed by atoms with Crippen molar-refractivity contribution in [1.82, 2.24) is 10.6 Å². The van der Waals surface area contributed by atoms with Crippen molar-refractivity contribution in [2.45, 2.75) is 38.5 Å². The molecule has 0 aromatic heterocycles. The minimum absolute atomic E-state index is 0.106. The van der Waals surface area contributed by atoms with Gasteiger partial charge < -0.3 is 25.4 Å². The fourth-order valence-electron chi connectivity index (χ4n) is 3.36. The summed E-state index contributed by atoms with van der Waals surface area (Å²) in [5.74, 6) is -0.340. The zero-order valence-electron chi connectivity index (χ0n) is 20.0. The van der Waals surface area contributed by atoms with Gasteiger partial charge in [0.25, 0.3) is 0 Å². The molecule has 0 bridgehead atoms. The van der Waals surface area contributed by atoms with Gasteiger partial charge in [-0.05, 0) is 42.5 Å². The van der Waals surface area contributed by atoms with Gasteiger partial charge in [0.2, 0.25) is 5.91 Å². The van der Waals surface area contributed by atoms with Crippen LogP contribution >= 0.6 is 0 Å². The first kappa shape index (κ1) is 26.3. The van der Waals surface area contributed by atoms with E-state index in [1.54, 1.807) is 12.1 Å². The molecule has 0 unspecified atom stereocenters. The van der Waals surface area contributed by atoms with Crippen LogP contribution in [0.1, 0.15) is 30.4 Å². The molecule has 8 nitrogen and oxygen atoms in total. The SMILES string of the molecule is O=C(NCCCC[C@H](NC(=O)OCc1ccccc1)C(=O)Nc1ccccc1)OCc1ccccc1. The standard InChI is InChI=1S/C28H31N3O5/c32-26(30-24-16-8-3-9-17-24)25(31-28(34)36-21-23-14-6-2-7-15-23)18-10-11-19-29-27(33)35-20-22-12-4-1-5-13-22/h1-9,12-17,25H,10-11,18-21H2,(H,29,33)(H,30,32)(H,31,34)/t25-/m0/s1. The molecule has 0 fully saturated rings. The van der Waals surface area contributed by atoms with Gasteiger partial charge in [0, 0.05) is 12.2 Å². The van der Waals surface area contributed by atoms with Gasteiger partial charge in [0.05, 0.1) is 0 Å². The van der Waals surface area contributed by atoms with Crippen molar-refractivity contribution in [1.29, 1.82) is 0 Å². The highest BCUT2D eigenvalue weighted by Crippen LogP contribution is 2.09. The molecular weight excluding hydrogens is 458 g/mol. The molecule has 0 saturated carbocycles. The van der Waals surface area contributed by atoms with Crippen LogP contribution in [0.3, 0.4) is 0 Å². The third-order valence-corrected chi connectivity index (χ3v) is 5.26. The summed E-state index contributed by atoms with van der Waals surface area (Å²) in [5, 5.41) is 8.18. The fourth-order valence-corrected chi connectivity index (χ4v) is 3.36. The van der Waals surface area contributed by atoms with Crippen LogP contribution in [0.4, 0.5) is 15.3 Å². The topological polar surface area (TPSA) is 106 Å². The molecule has 0 saturated heterocycles. The van der Waals surface area contributed by atoms with Crippen molar-refractivity contribution in [3.8, 4) is 0 Å². The van der Waals surface area contributed by atoms with E-state index in [9.17, 15) is 14.4 Å². The monoisotopic (exact) mass is 489 g/mol. The molecule has 0 aliphatic rings. The van der Waals surface area contributed by atoms with Crippen LogP contribution in [0.25, 0.3) is 0 Å². The molecule has 0 spiro atoms. The summed E-state index contributed by atoms with van der Waals surface area (Å²) in [6.07, 6.45) is 0.399. The lowest BCUT2D eigenvalue weighted by Crippen LogP contribution is -2.44. The average molecular weight is 490 g/mol. The average Bonchev–Trinajstić information content (AvgIpc) is 2.91. The van der Waals surface area contributed by atoms with Gasteiger partial charge in [-0.25, -0.2) is 9.59 Å². The summed E-state index contributed by atoms with van der Waals surface area (Å²) in [6, 6.07) is 27.0. The van der Waals surface area contributed by atoms with E-state index in [-0.39, 0.29) is 19.1 Å². The third-order valence-electron chi connectivity index (χ3n) is 5.26. The Bertz CT molecular complexity index is 1080. The van der Waals surface area contributed by atoms with Gasteiger partial charge >= 0.3 is 12.2 Å². The van der Waals surface area contributed by atoms with E-state index in [2.05, 4.69) is 16.0 Å². The predicted molar refractivity (Wildman–Crippen MR) is 137 cm³/mol. The van der Waals surface area contributed by atoms with Crippen LogP contribution in [-0.2, 0) is 27.5 Å². The first-order valence-electron chi connectivity index (χ1n) is 11.9. The summed E-state index contributed by atoms with van der Waals surface area (Å²) < 4.78 is 10.5. The normalized spacial score (nSPS) is 11.1. The van der Waals surface area contributed by atoms with E-state index in [0.29, 0.717) is 31.5 Å². The first-order chi connectivity index (χ1) is 17.6. The third kappa shape index (κ3) is 9.89. The molecule has 3 N–H and O–H groups in total. The van der Waals surface area contributed by atoms with Crippen LogP contribution in [0.2, 0.25) is 0 Å². The fraction of sp³-hybridized carbons (Fsp3) is 0.250. The van der Waals surface area contributed by atoms with Gasteiger partial charge in [-0.15, -0.1) is 0 Å². The zero-order valence-corrected chi connectivity index (χ0v) is 20.0. The van der Waals surface area contributed by atoms with Crippen LogP contribution in [0, 0.1) is 0 Å². The smallest absolute Gasteiger partial charge is 0.408 e. The van der Waals surface area contributed by atoms with Crippen molar-refractivity contribution < 1.29 is 23.9 Å². The van der Waals surface area contributed by atoms with Crippen molar-refractivity contribution in [2.24, 2.45) is 0 Å². The first-order valence-corrected chi connectivity index (χ1v) is 11.9. The second kappa shape index (κ2) is 14.8. The van der Waals surface area contributed by atoms with Crippen molar-refractivity contribution >= 4 is 23.8 Å². The van der Waals surface area contributed by atoms with Crippen LogP contribution in [-0.4, -0.2) is 30.7 Å². The highest BCUT2D eigenvalue weighted by molar-refractivity contribution is 5.96. The molecule has 0 radical (unpaired) electrons. The summed E-state index contributed by atoms with van der Waals surface area (Å²) in [7, 11) is 0. The quantitative estimate of drug-likeness (QED) is 0.310. The molecule has 188 valence electrons.